The van der Waals surface area contributed by atoms with Crippen LogP contribution in [0.15, 0.2) is 46.9 Å². The van der Waals surface area contributed by atoms with Crippen molar-refractivity contribution in [1.82, 2.24) is 0 Å². The van der Waals surface area contributed by atoms with Crippen molar-refractivity contribution >= 4 is 21.6 Å². The second-order valence-corrected chi connectivity index (χ2v) is 4.77. The normalized spacial score (nSPS) is 10.3. The Kier molecular flexibility index (Phi) is 3.79. The molecular weight excluding hydrogens is 281 g/mol. The molecule has 3 heteroatoms. The standard InChI is InChI=1S/C14H13BrFN/c1-10-7-12(15)13(16)8-14(10)17-9-11-5-3-2-4-6-11/h2-8,17H,9H2,1H3. The molecule has 0 aliphatic carbocycles. The summed E-state index contributed by atoms with van der Waals surface area (Å²) >= 11 is 3.17. The van der Waals surface area contributed by atoms with E-state index in [0.29, 0.717) is 11.0 Å². The fraction of sp³-hybridized carbons (Fsp3) is 0.143. The van der Waals surface area contributed by atoms with Crippen LogP contribution in [0.3, 0.4) is 0 Å². The van der Waals surface area contributed by atoms with Gasteiger partial charge < -0.3 is 5.32 Å². The maximum absolute atomic E-state index is 13.4. The molecular formula is C14H13BrFN. The number of halogens is 2. The summed E-state index contributed by atoms with van der Waals surface area (Å²) in [5.74, 6) is -0.244. The molecule has 2 aromatic carbocycles. The van der Waals surface area contributed by atoms with E-state index in [2.05, 4.69) is 21.2 Å². The lowest BCUT2D eigenvalue weighted by atomic mass is 10.1. The van der Waals surface area contributed by atoms with Gasteiger partial charge in [-0.25, -0.2) is 4.39 Å². The van der Waals surface area contributed by atoms with Gasteiger partial charge in [-0.3, -0.25) is 0 Å². The monoisotopic (exact) mass is 293 g/mol. The van der Waals surface area contributed by atoms with Crippen LogP contribution in [0.5, 0.6) is 0 Å². The van der Waals surface area contributed by atoms with Crippen molar-refractivity contribution in [2.75, 3.05) is 5.32 Å². The molecule has 2 rings (SSSR count). The molecule has 0 amide bonds. The lowest BCUT2D eigenvalue weighted by molar-refractivity contribution is 0.621. The summed E-state index contributed by atoms with van der Waals surface area (Å²) in [6.07, 6.45) is 0. The Balaban J connectivity index is 2.12. The smallest absolute Gasteiger partial charge is 0.139 e. The molecule has 17 heavy (non-hydrogen) atoms. The number of benzene rings is 2. The predicted octanol–water partition coefficient (Wildman–Crippen LogP) is 4.51. The second-order valence-electron chi connectivity index (χ2n) is 3.92. The van der Waals surface area contributed by atoms with Gasteiger partial charge in [0, 0.05) is 12.2 Å². The van der Waals surface area contributed by atoms with Crippen molar-refractivity contribution in [3.05, 3.63) is 63.9 Å². The first-order valence-corrected chi connectivity index (χ1v) is 6.19. The number of rotatable bonds is 3. The van der Waals surface area contributed by atoms with E-state index in [1.807, 2.05) is 37.3 Å². The SMILES string of the molecule is Cc1cc(Br)c(F)cc1NCc1ccccc1. The number of anilines is 1. The highest BCUT2D eigenvalue weighted by atomic mass is 79.9. The molecule has 1 nitrogen and oxygen atoms in total. The Morgan fingerprint density at radius 1 is 1.18 bits per heavy atom. The molecule has 0 aromatic heterocycles. The number of nitrogens with one attached hydrogen (secondary N) is 1. The Labute approximate surface area is 109 Å². The Hall–Kier alpha value is -1.35. The second kappa shape index (κ2) is 5.32. The van der Waals surface area contributed by atoms with Gasteiger partial charge in [-0.1, -0.05) is 30.3 Å². The Morgan fingerprint density at radius 2 is 1.88 bits per heavy atom. The highest BCUT2D eigenvalue weighted by molar-refractivity contribution is 9.10. The van der Waals surface area contributed by atoms with Crippen LogP contribution >= 0.6 is 15.9 Å². The minimum absolute atomic E-state index is 0.244. The highest BCUT2D eigenvalue weighted by Crippen LogP contribution is 2.24. The van der Waals surface area contributed by atoms with Crippen LogP contribution in [-0.2, 0) is 6.54 Å². The van der Waals surface area contributed by atoms with E-state index in [4.69, 9.17) is 0 Å². The molecule has 0 fully saturated rings. The quantitative estimate of drug-likeness (QED) is 0.878. The van der Waals surface area contributed by atoms with Crippen molar-refractivity contribution in [3.63, 3.8) is 0 Å². The summed E-state index contributed by atoms with van der Waals surface area (Å²) in [6, 6.07) is 13.3. The molecule has 0 spiro atoms. The molecule has 0 aliphatic heterocycles. The van der Waals surface area contributed by atoms with Crippen LogP contribution in [-0.4, -0.2) is 0 Å². The van der Waals surface area contributed by atoms with Crippen LogP contribution in [0.2, 0.25) is 0 Å². The molecule has 0 unspecified atom stereocenters. The van der Waals surface area contributed by atoms with Gasteiger partial charge >= 0.3 is 0 Å². The minimum atomic E-state index is -0.244. The molecule has 0 saturated carbocycles. The van der Waals surface area contributed by atoms with E-state index in [1.165, 1.54) is 11.6 Å². The number of hydrogen-bond donors (Lipinski definition) is 1. The third-order valence-corrected chi connectivity index (χ3v) is 3.20. The minimum Gasteiger partial charge on any atom is -0.381 e. The van der Waals surface area contributed by atoms with Gasteiger partial charge in [0.15, 0.2) is 0 Å². The largest absolute Gasteiger partial charge is 0.381 e. The van der Waals surface area contributed by atoms with Gasteiger partial charge in [-0.2, -0.15) is 0 Å². The van der Waals surface area contributed by atoms with Gasteiger partial charge in [0.25, 0.3) is 0 Å². The van der Waals surface area contributed by atoms with Crippen molar-refractivity contribution in [1.29, 1.82) is 0 Å². The number of hydrogen-bond acceptors (Lipinski definition) is 1. The lowest BCUT2D eigenvalue weighted by Crippen LogP contribution is -2.01. The van der Waals surface area contributed by atoms with Crippen molar-refractivity contribution in [3.8, 4) is 0 Å². The third-order valence-electron chi connectivity index (χ3n) is 2.59. The molecule has 0 saturated heterocycles. The molecule has 88 valence electrons. The van der Waals surface area contributed by atoms with Crippen LogP contribution in [0.1, 0.15) is 11.1 Å². The van der Waals surface area contributed by atoms with Crippen LogP contribution in [0.25, 0.3) is 0 Å². The van der Waals surface area contributed by atoms with E-state index in [-0.39, 0.29) is 5.82 Å². The summed E-state index contributed by atoms with van der Waals surface area (Å²) in [6.45, 7) is 2.65. The summed E-state index contributed by atoms with van der Waals surface area (Å²) in [4.78, 5) is 0. The lowest BCUT2D eigenvalue weighted by Gasteiger charge is -2.10. The van der Waals surface area contributed by atoms with Gasteiger partial charge in [0.2, 0.25) is 0 Å². The van der Waals surface area contributed by atoms with E-state index >= 15 is 0 Å². The molecule has 2 aromatic rings. The summed E-state index contributed by atoms with van der Waals surface area (Å²) < 4.78 is 13.9. The molecule has 0 heterocycles. The fourth-order valence-electron chi connectivity index (χ4n) is 1.63. The third kappa shape index (κ3) is 3.07. The average Bonchev–Trinajstić information content (AvgIpc) is 2.33. The van der Waals surface area contributed by atoms with Crippen molar-refractivity contribution in [2.24, 2.45) is 0 Å². The van der Waals surface area contributed by atoms with Crippen molar-refractivity contribution < 1.29 is 4.39 Å². The van der Waals surface area contributed by atoms with E-state index < -0.39 is 0 Å². The maximum Gasteiger partial charge on any atom is 0.139 e. The Bertz CT molecular complexity index is 511. The topological polar surface area (TPSA) is 12.0 Å². The first kappa shape index (κ1) is 12.1. The maximum atomic E-state index is 13.4. The van der Waals surface area contributed by atoms with E-state index in [9.17, 15) is 4.39 Å². The molecule has 0 radical (unpaired) electrons. The van der Waals surface area contributed by atoms with Crippen LogP contribution in [0.4, 0.5) is 10.1 Å². The number of aryl methyl sites for hydroxylation is 1. The Morgan fingerprint density at radius 3 is 2.59 bits per heavy atom. The summed E-state index contributed by atoms with van der Waals surface area (Å²) in [7, 11) is 0. The van der Waals surface area contributed by atoms with E-state index in [1.54, 1.807) is 6.07 Å². The zero-order valence-corrected chi connectivity index (χ0v) is 11.1. The first-order valence-electron chi connectivity index (χ1n) is 5.40. The zero-order chi connectivity index (χ0) is 12.3. The molecule has 1 N–H and O–H groups in total. The fourth-order valence-corrected chi connectivity index (χ4v) is 2.09. The summed E-state index contributed by atoms with van der Waals surface area (Å²) in [5, 5.41) is 3.24. The molecule has 0 bridgehead atoms. The van der Waals surface area contributed by atoms with Gasteiger partial charge in [-0.05, 0) is 46.1 Å². The van der Waals surface area contributed by atoms with Crippen molar-refractivity contribution in [2.45, 2.75) is 13.5 Å². The van der Waals surface area contributed by atoms with Gasteiger partial charge in [-0.15, -0.1) is 0 Å². The first-order chi connectivity index (χ1) is 8.16. The highest BCUT2D eigenvalue weighted by Gasteiger charge is 2.04. The van der Waals surface area contributed by atoms with Crippen LogP contribution in [0, 0.1) is 12.7 Å². The summed E-state index contributed by atoms with van der Waals surface area (Å²) in [5.41, 5.74) is 3.03. The van der Waals surface area contributed by atoms with Gasteiger partial charge in [0.05, 0.1) is 4.47 Å². The predicted molar refractivity (Wildman–Crippen MR) is 72.6 cm³/mol. The molecule has 0 aliphatic rings. The van der Waals surface area contributed by atoms with Crippen LogP contribution < -0.4 is 5.32 Å². The van der Waals surface area contributed by atoms with Gasteiger partial charge in [0.1, 0.15) is 5.82 Å². The van der Waals surface area contributed by atoms with E-state index in [0.717, 1.165) is 11.3 Å². The average molecular weight is 294 g/mol. The molecule has 0 atom stereocenters. The zero-order valence-electron chi connectivity index (χ0n) is 9.50.